The van der Waals surface area contributed by atoms with E-state index >= 15 is 0 Å². The maximum Gasteiger partial charge on any atom is 0.0322 e. The molecule has 0 aliphatic rings. The van der Waals surface area contributed by atoms with Crippen LogP contribution in [0.2, 0.25) is 0 Å². The summed E-state index contributed by atoms with van der Waals surface area (Å²) in [5.41, 5.74) is 0. The largest absolute Gasteiger partial charge is 0.136 e. The molecule has 0 saturated carbocycles. The Balaban J connectivity index is 2.32. The summed E-state index contributed by atoms with van der Waals surface area (Å²) >= 11 is 0. The lowest BCUT2D eigenvalue weighted by molar-refractivity contribution is 2.29. The molecule has 2 heteroatoms. The van der Waals surface area contributed by atoms with E-state index in [0.29, 0.717) is 7.47 Å². The third kappa shape index (κ3) is 17.2. The quantitative estimate of drug-likeness (QED) is 0.291. The first-order valence-corrected chi connectivity index (χ1v) is 6.71. The summed E-state index contributed by atoms with van der Waals surface area (Å²) in [4.78, 5) is 0. The zero-order valence-electron chi connectivity index (χ0n) is 3.45. The van der Waals surface area contributed by atoms with Gasteiger partial charge >= 0.3 is 0 Å². The van der Waals surface area contributed by atoms with Gasteiger partial charge in [0.25, 0.3) is 0 Å². The van der Waals surface area contributed by atoms with Crippen molar-refractivity contribution in [1.82, 2.24) is 0 Å². The van der Waals surface area contributed by atoms with Crippen LogP contribution in [-0.4, -0.2) is 23.2 Å². The van der Waals surface area contributed by atoms with E-state index in [2.05, 4.69) is 13.3 Å². The van der Waals surface area contributed by atoms with Gasteiger partial charge in [-0.3, -0.25) is 0 Å². The van der Waals surface area contributed by atoms with Crippen molar-refractivity contribution in [3.05, 3.63) is 0 Å². The Morgan fingerprint density at radius 3 is 1.50 bits per heavy atom. The Kier molecular flexibility index (Phi) is 2.23. The van der Waals surface area contributed by atoms with E-state index < -0.39 is 0 Å². The van der Waals surface area contributed by atoms with Gasteiger partial charge in [0.05, 0.1) is 0 Å². The first-order valence-electron chi connectivity index (χ1n) is 1.34. The predicted octanol–water partition coefficient (Wildman–Crippen LogP) is 0.00830. The average molecular weight is 92.2 g/mol. The second-order valence-corrected chi connectivity index (χ2v) is 9.39. The van der Waals surface area contributed by atoms with E-state index in [1.54, 1.807) is 0 Å². The Morgan fingerprint density at radius 1 is 1.50 bits per heavy atom. The lowest BCUT2D eigenvalue weighted by atomic mass is 11.9. The van der Waals surface area contributed by atoms with Crippen LogP contribution in [0.3, 0.4) is 0 Å². The standard InChI is InChI=1S/C2H9PSi/c1-3(2)4/h1-2,4H3. The molecule has 0 N–H and O–H groups in total. The van der Waals surface area contributed by atoms with Gasteiger partial charge in [0.2, 0.25) is 0 Å². The molecule has 0 unspecified atom stereocenters. The monoisotopic (exact) mass is 92.0 g/mol. The molecule has 0 saturated heterocycles. The smallest absolute Gasteiger partial charge is 0.0322 e. The molecule has 0 aromatic carbocycles. The fourth-order valence-corrected chi connectivity index (χ4v) is 0. The molecule has 0 aromatic heterocycles. The topological polar surface area (TPSA) is 0 Å². The summed E-state index contributed by atoms with van der Waals surface area (Å²) in [5, 5.41) is 0. The van der Waals surface area contributed by atoms with E-state index in [-0.39, 0.29) is 0 Å². The number of rotatable bonds is 0. The molecule has 0 radical (unpaired) electrons. The molecule has 0 amide bonds. The van der Waals surface area contributed by atoms with E-state index in [9.17, 15) is 0 Å². The van der Waals surface area contributed by atoms with Crippen LogP contribution in [0.15, 0.2) is 0 Å². The van der Waals surface area contributed by atoms with Crippen LogP contribution in [0, 0.1) is 0 Å². The lowest BCUT2D eigenvalue weighted by Gasteiger charge is -1.81. The van der Waals surface area contributed by atoms with Crippen LogP contribution < -0.4 is 0 Å². The first kappa shape index (κ1) is 4.65. The zero-order chi connectivity index (χ0) is 3.58. The summed E-state index contributed by atoms with van der Waals surface area (Å²) in [6.07, 6.45) is 0. The molecule has 0 heterocycles. The highest BCUT2D eigenvalue weighted by Crippen LogP contribution is 2.12. The van der Waals surface area contributed by atoms with Crippen molar-refractivity contribution >= 4 is 17.4 Å². The predicted molar refractivity (Wildman–Crippen MR) is 28.7 cm³/mol. The van der Waals surface area contributed by atoms with E-state index in [4.69, 9.17) is 0 Å². The van der Waals surface area contributed by atoms with Gasteiger partial charge in [-0.15, -0.1) is 7.47 Å². The minimum absolute atomic E-state index is 0.519. The third-order valence-corrected chi connectivity index (χ3v) is 0. The molecule has 0 rings (SSSR count). The van der Waals surface area contributed by atoms with Crippen molar-refractivity contribution in [2.75, 3.05) is 13.3 Å². The van der Waals surface area contributed by atoms with Crippen molar-refractivity contribution in [1.29, 1.82) is 0 Å². The highest BCUT2D eigenvalue weighted by Gasteiger charge is 1.66. The molecule has 0 bridgehead atoms. The van der Waals surface area contributed by atoms with Gasteiger partial charge in [-0.1, -0.05) is 0 Å². The maximum atomic E-state index is 2.29. The fourth-order valence-electron chi connectivity index (χ4n) is 0. The molecule has 0 aliphatic heterocycles. The summed E-state index contributed by atoms with van der Waals surface area (Å²) < 4.78 is 0. The second kappa shape index (κ2) is 1.92. The summed E-state index contributed by atoms with van der Waals surface area (Å²) in [6.45, 7) is 4.59. The molecular formula is C2H9PSi. The number of hydrogen-bond acceptors (Lipinski definition) is 0. The molecule has 4 heavy (non-hydrogen) atoms. The maximum absolute atomic E-state index is 2.29. The fraction of sp³-hybridized carbons (Fsp3) is 1.00. The highest BCUT2D eigenvalue weighted by molar-refractivity contribution is 7.80. The number of hydrogen-bond donors (Lipinski definition) is 0. The minimum atomic E-state index is 0.519. The van der Waals surface area contributed by atoms with Crippen molar-refractivity contribution < 1.29 is 0 Å². The Morgan fingerprint density at radius 2 is 1.50 bits per heavy atom. The van der Waals surface area contributed by atoms with Crippen molar-refractivity contribution in [2.24, 2.45) is 0 Å². The van der Waals surface area contributed by atoms with Gasteiger partial charge in [-0.2, -0.15) is 0 Å². The van der Waals surface area contributed by atoms with Crippen LogP contribution in [0.5, 0.6) is 0 Å². The Bertz CT molecular complexity index is 10.8. The summed E-state index contributed by atoms with van der Waals surface area (Å²) in [5.74, 6) is 0. The van der Waals surface area contributed by atoms with Crippen LogP contribution >= 0.6 is 7.47 Å². The zero-order valence-corrected chi connectivity index (χ0v) is 6.34. The van der Waals surface area contributed by atoms with Gasteiger partial charge in [-0.05, 0) is 13.3 Å². The summed E-state index contributed by atoms with van der Waals surface area (Å²) in [6, 6.07) is 0. The SMILES string of the molecule is CP(C)[SiH3]. The van der Waals surface area contributed by atoms with Gasteiger partial charge in [-0.25, -0.2) is 0 Å². The second-order valence-electron chi connectivity index (χ2n) is 1.34. The van der Waals surface area contributed by atoms with E-state index in [0.717, 1.165) is 0 Å². The molecule has 0 aromatic rings. The van der Waals surface area contributed by atoms with E-state index in [1.165, 1.54) is 9.91 Å². The van der Waals surface area contributed by atoms with Gasteiger partial charge in [0.1, 0.15) is 0 Å². The first-order chi connectivity index (χ1) is 1.73. The van der Waals surface area contributed by atoms with Crippen LogP contribution in [0.1, 0.15) is 0 Å². The molecule has 0 nitrogen and oxygen atoms in total. The average Bonchev–Trinajstić information content (AvgIpc) is 0.811. The molecule has 0 spiro atoms. The van der Waals surface area contributed by atoms with E-state index in [1.807, 2.05) is 0 Å². The van der Waals surface area contributed by atoms with Gasteiger partial charge < -0.3 is 0 Å². The Labute approximate surface area is 31.6 Å². The van der Waals surface area contributed by atoms with Gasteiger partial charge in [0, 0.05) is 9.91 Å². The molecular weight excluding hydrogens is 83.1 g/mol. The minimum Gasteiger partial charge on any atom is -0.136 e. The van der Waals surface area contributed by atoms with Gasteiger partial charge in [0.15, 0.2) is 0 Å². The lowest BCUT2D eigenvalue weighted by Crippen LogP contribution is -1.52. The van der Waals surface area contributed by atoms with Crippen LogP contribution in [0.25, 0.3) is 0 Å². The van der Waals surface area contributed by atoms with Crippen LogP contribution in [-0.2, 0) is 0 Å². The molecule has 26 valence electrons. The normalized spacial score (nSPS) is 9.75. The molecule has 0 fully saturated rings. The highest BCUT2D eigenvalue weighted by atomic mass is 31.4. The van der Waals surface area contributed by atoms with Crippen molar-refractivity contribution in [3.8, 4) is 0 Å². The third-order valence-electron chi connectivity index (χ3n) is 0. The summed E-state index contributed by atoms with van der Waals surface area (Å²) in [7, 11) is 1.93. The Hall–Kier alpha value is 0.647. The van der Waals surface area contributed by atoms with Crippen molar-refractivity contribution in [3.63, 3.8) is 0 Å². The van der Waals surface area contributed by atoms with Crippen molar-refractivity contribution in [2.45, 2.75) is 0 Å². The molecule has 0 atom stereocenters. The molecule has 0 aliphatic carbocycles. The van der Waals surface area contributed by atoms with Crippen LogP contribution in [0.4, 0.5) is 0 Å².